The second-order valence-electron chi connectivity index (χ2n) is 3.96. The molecule has 0 saturated carbocycles. The van der Waals surface area contributed by atoms with Crippen LogP contribution >= 0.6 is 0 Å². The average Bonchev–Trinajstić information content (AvgIpc) is 2.65. The summed E-state index contributed by atoms with van der Waals surface area (Å²) in [6.07, 6.45) is 1.40. The van der Waals surface area contributed by atoms with Crippen molar-refractivity contribution < 1.29 is 4.39 Å². The highest BCUT2D eigenvalue weighted by molar-refractivity contribution is 5.49. The molecule has 1 saturated heterocycles. The standard InChI is InChI=1S/C10H15FN4/c1-14(2)9-5-10(13-7-12-9)15-4-3-8(11)6-15/h5,7-8H,3-4,6H2,1-2H3. The number of nitrogens with zero attached hydrogens (tertiary/aromatic N) is 4. The van der Waals surface area contributed by atoms with Crippen LogP contribution < -0.4 is 9.80 Å². The van der Waals surface area contributed by atoms with Crippen molar-refractivity contribution in [1.82, 2.24) is 9.97 Å². The first-order valence-corrected chi connectivity index (χ1v) is 5.05. The van der Waals surface area contributed by atoms with Gasteiger partial charge in [0, 0.05) is 26.7 Å². The Morgan fingerprint density at radius 3 is 2.87 bits per heavy atom. The number of anilines is 2. The van der Waals surface area contributed by atoms with Crippen LogP contribution in [0.25, 0.3) is 0 Å². The number of hydrogen-bond acceptors (Lipinski definition) is 4. The van der Waals surface area contributed by atoms with Gasteiger partial charge >= 0.3 is 0 Å². The number of rotatable bonds is 2. The molecule has 1 aromatic rings. The molecule has 1 aromatic heterocycles. The lowest BCUT2D eigenvalue weighted by atomic mass is 10.3. The van der Waals surface area contributed by atoms with Crippen molar-refractivity contribution in [2.45, 2.75) is 12.6 Å². The van der Waals surface area contributed by atoms with E-state index in [0.29, 0.717) is 13.0 Å². The Morgan fingerprint density at radius 1 is 1.47 bits per heavy atom. The molecule has 15 heavy (non-hydrogen) atoms. The quantitative estimate of drug-likeness (QED) is 0.731. The van der Waals surface area contributed by atoms with Gasteiger partial charge in [0.2, 0.25) is 0 Å². The maximum atomic E-state index is 13.0. The molecule has 4 nitrogen and oxygen atoms in total. The molecule has 2 heterocycles. The summed E-state index contributed by atoms with van der Waals surface area (Å²) in [6.45, 7) is 1.19. The summed E-state index contributed by atoms with van der Waals surface area (Å²) < 4.78 is 13.0. The van der Waals surface area contributed by atoms with E-state index in [1.165, 1.54) is 6.33 Å². The van der Waals surface area contributed by atoms with Gasteiger partial charge in [-0.05, 0) is 6.42 Å². The minimum atomic E-state index is -0.720. The van der Waals surface area contributed by atoms with E-state index in [1.807, 2.05) is 30.0 Å². The molecule has 0 bridgehead atoms. The number of halogens is 1. The lowest BCUT2D eigenvalue weighted by Crippen LogP contribution is -2.22. The van der Waals surface area contributed by atoms with Gasteiger partial charge < -0.3 is 9.80 Å². The van der Waals surface area contributed by atoms with E-state index in [9.17, 15) is 4.39 Å². The third-order valence-electron chi connectivity index (χ3n) is 2.55. The van der Waals surface area contributed by atoms with Crippen LogP contribution in [-0.4, -0.2) is 43.3 Å². The van der Waals surface area contributed by atoms with Crippen LogP contribution in [0.4, 0.5) is 16.0 Å². The van der Waals surface area contributed by atoms with Gasteiger partial charge in [-0.15, -0.1) is 0 Å². The molecule has 1 fully saturated rings. The van der Waals surface area contributed by atoms with Crippen molar-refractivity contribution in [3.05, 3.63) is 12.4 Å². The summed E-state index contributed by atoms with van der Waals surface area (Å²) in [7, 11) is 3.85. The number of aromatic nitrogens is 2. The molecule has 1 aliphatic rings. The Bertz CT molecular complexity index is 342. The van der Waals surface area contributed by atoms with E-state index < -0.39 is 6.17 Å². The fourth-order valence-electron chi connectivity index (χ4n) is 1.68. The highest BCUT2D eigenvalue weighted by Crippen LogP contribution is 2.21. The first-order valence-electron chi connectivity index (χ1n) is 5.05. The normalized spacial score (nSPS) is 20.7. The van der Waals surface area contributed by atoms with Crippen molar-refractivity contribution in [2.75, 3.05) is 37.0 Å². The van der Waals surface area contributed by atoms with Crippen molar-refractivity contribution in [2.24, 2.45) is 0 Å². The first-order chi connectivity index (χ1) is 7.16. The largest absolute Gasteiger partial charge is 0.363 e. The number of alkyl halides is 1. The van der Waals surface area contributed by atoms with Crippen molar-refractivity contribution in [3.8, 4) is 0 Å². The molecule has 1 aliphatic heterocycles. The summed E-state index contributed by atoms with van der Waals surface area (Å²) in [4.78, 5) is 12.2. The molecule has 0 spiro atoms. The van der Waals surface area contributed by atoms with Gasteiger partial charge in [0.25, 0.3) is 0 Å². The molecule has 0 amide bonds. The predicted molar refractivity (Wildman–Crippen MR) is 58.1 cm³/mol. The van der Waals surface area contributed by atoms with Gasteiger partial charge in [-0.1, -0.05) is 0 Å². The predicted octanol–water partition coefficient (Wildman–Crippen LogP) is 1.09. The van der Waals surface area contributed by atoms with Gasteiger partial charge in [0.1, 0.15) is 24.1 Å². The van der Waals surface area contributed by atoms with E-state index in [-0.39, 0.29) is 0 Å². The van der Waals surface area contributed by atoms with E-state index in [1.54, 1.807) is 0 Å². The third-order valence-corrected chi connectivity index (χ3v) is 2.55. The molecule has 82 valence electrons. The Labute approximate surface area is 88.7 Å². The maximum absolute atomic E-state index is 13.0. The molecular formula is C10H15FN4. The van der Waals surface area contributed by atoms with Crippen LogP contribution in [0.5, 0.6) is 0 Å². The van der Waals surface area contributed by atoms with Crippen molar-refractivity contribution in [1.29, 1.82) is 0 Å². The fraction of sp³-hybridized carbons (Fsp3) is 0.600. The zero-order valence-electron chi connectivity index (χ0n) is 9.02. The van der Waals surface area contributed by atoms with Gasteiger partial charge in [-0.3, -0.25) is 0 Å². The van der Waals surface area contributed by atoms with Gasteiger partial charge in [0.15, 0.2) is 0 Å². The minimum absolute atomic E-state index is 0.448. The minimum Gasteiger partial charge on any atom is -0.363 e. The van der Waals surface area contributed by atoms with Gasteiger partial charge in [-0.2, -0.15) is 0 Å². The number of hydrogen-bond donors (Lipinski definition) is 0. The fourth-order valence-corrected chi connectivity index (χ4v) is 1.68. The average molecular weight is 210 g/mol. The van der Waals surface area contributed by atoms with Crippen LogP contribution in [0, 0.1) is 0 Å². The van der Waals surface area contributed by atoms with E-state index >= 15 is 0 Å². The van der Waals surface area contributed by atoms with Crippen LogP contribution in [0.3, 0.4) is 0 Å². The molecule has 2 rings (SSSR count). The second kappa shape index (κ2) is 4.00. The van der Waals surface area contributed by atoms with E-state index in [2.05, 4.69) is 9.97 Å². The molecule has 1 atom stereocenters. The monoisotopic (exact) mass is 210 g/mol. The third kappa shape index (κ3) is 2.16. The summed E-state index contributed by atoms with van der Waals surface area (Å²) in [5, 5.41) is 0. The molecular weight excluding hydrogens is 195 g/mol. The SMILES string of the molecule is CN(C)c1cc(N2CCC(F)C2)ncn1. The molecule has 0 radical (unpaired) electrons. The Balaban J connectivity index is 2.18. The van der Waals surface area contributed by atoms with Crippen LogP contribution in [0.2, 0.25) is 0 Å². The van der Waals surface area contributed by atoms with E-state index in [0.717, 1.165) is 18.2 Å². The summed E-state index contributed by atoms with van der Waals surface area (Å²) in [6, 6.07) is 1.89. The smallest absolute Gasteiger partial charge is 0.134 e. The Kier molecular flexibility index (Phi) is 2.70. The van der Waals surface area contributed by atoms with Crippen LogP contribution in [0.15, 0.2) is 12.4 Å². The molecule has 1 unspecified atom stereocenters. The zero-order valence-corrected chi connectivity index (χ0v) is 9.02. The molecule has 0 aliphatic carbocycles. The highest BCUT2D eigenvalue weighted by Gasteiger charge is 2.23. The van der Waals surface area contributed by atoms with Crippen molar-refractivity contribution in [3.63, 3.8) is 0 Å². The highest BCUT2D eigenvalue weighted by atomic mass is 19.1. The maximum Gasteiger partial charge on any atom is 0.134 e. The zero-order chi connectivity index (χ0) is 10.8. The van der Waals surface area contributed by atoms with E-state index in [4.69, 9.17) is 0 Å². The summed E-state index contributed by atoms with van der Waals surface area (Å²) in [5.41, 5.74) is 0. The Hall–Kier alpha value is -1.39. The van der Waals surface area contributed by atoms with Crippen molar-refractivity contribution >= 4 is 11.6 Å². The van der Waals surface area contributed by atoms with Gasteiger partial charge in [0.05, 0.1) is 6.54 Å². The summed E-state index contributed by atoms with van der Waals surface area (Å²) in [5.74, 6) is 1.66. The van der Waals surface area contributed by atoms with Crippen LogP contribution in [0.1, 0.15) is 6.42 Å². The molecule has 0 aromatic carbocycles. The lowest BCUT2D eigenvalue weighted by molar-refractivity contribution is 0.364. The first kappa shape index (κ1) is 10.1. The summed E-state index contributed by atoms with van der Waals surface area (Å²) >= 11 is 0. The second-order valence-corrected chi connectivity index (χ2v) is 3.96. The van der Waals surface area contributed by atoms with Crippen LogP contribution in [-0.2, 0) is 0 Å². The lowest BCUT2D eigenvalue weighted by Gasteiger charge is -2.18. The topological polar surface area (TPSA) is 32.3 Å². The molecule has 0 N–H and O–H groups in total. The Morgan fingerprint density at radius 2 is 2.27 bits per heavy atom. The van der Waals surface area contributed by atoms with Gasteiger partial charge in [-0.25, -0.2) is 14.4 Å². The molecule has 5 heteroatoms.